The molecule has 1 N–H and O–H groups in total. The molecule has 1 aliphatic rings. The molecule has 0 spiro atoms. The average Bonchev–Trinajstić information content (AvgIpc) is 2.99. The summed E-state index contributed by atoms with van der Waals surface area (Å²) in [6, 6.07) is 13.8. The zero-order valence-electron chi connectivity index (χ0n) is 15.9. The molecule has 4 rings (SSSR count). The summed E-state index contributed by atoms with van der Waals surface area (Å²) in [4.78, 5) is 12.8. The highest BCUT2D eigenvalue weighted by Gasteiger charge is 2.25. The Balaban J connectivity index is 1.57. The maximum absolute atomic E-state index is 12.8. The van der Waals surface area contributed by atoms with Crippen molar-refractivity contribution in [2.75, 3.05) is 14.2 Å². The van der Waals surface area contributed by atoms with Gasteiger partial charge in [-0.05, 0) is 43.0 Å². The number of benzene rings is 2. The lowest BCUT2D eigenvalue weighted by atomic mass is 9.91. The van der Waals surface area contributed by atoms with E-state index in [1.807, 2.05) is 0 Å². The molecule has 5 nitrogen and oxygen atoms in total. The van der Waals surface area contributed by atoms with Gasteiger partial charge in [-0.15, -0.1) is 0 Å². The van der Waals surface area contributed by atoms with Gasteiger partial charge in [0.05, 0.1) is 14.2 Å². The van der Waals surface area contributed by atoms with Gasteiger partial charge in [0.1, 0.15) is 11.5 Å². The number of carbonyl (C=O) groups excluding carboxylic acids is 1. The van der Waals surface area contributed by atoms with Gasteiger partial charge in [-0.3, -0.25) is 4.79 Å². The largest absolute Gasteiger partial charge is 0.497 e. The summed E-state index contributed by atoms with van der Waals surface area (Å²) in [7, 11) is 5.29. The summed E-state index contributed by atoms with van der Waals surface area (Å²) in [6.45, 7) is 0. The Bertz CT molecular complexity index is 984. The minimum absolute atomic E-state index is 0.0964. The van der Waals surface area contributed by atoms with E-state index in [1.54, 1.807) is 32.4 Å². The van der Waals surface area contributed by atoms with E-state index in [9.17, 15) is 4.79 Å². The van der Waals surface area contributed by atoms with E-state index in [0.29, 0.717) is 17.1 Å². The van der Waals surface area contributed by atoms with Crippen molar-refractivity contribution in [1.82, 2.24) is 9.88 Å². The molecular formula is C22H24N2O3. The Kier molecular flexibility index (Phi) is 4.52. The number of nitrogens with zero attached hydrogens (tertiary/aromatic N) is 1. The lowest BCUT2D eigenvalue weighted by Gasteiger charge is -2.24. The van der Waals surface area contributed by atoms with Crippen molar-refractivity contribution in [2.24, 2.45) is 7.05 Å². The molecular weight excluding hydrogens is 340 g/mol. The van der Waals surface area contributed by atoms with Crippen LogP contribution in [-0.2, 0) is 19.9 Å². The van der Waals surface area contributed by atoms with Gasteiger partial charge < -0.3 is 19.4 Å². The van der Waals surface area contributed by atoms with Crippen LogP contribution in [0.2, 0.25) is 0 Å². The number of para-hydroxylation sites is 1. The molecule has 2 aromatic carbocycles. The molecule has 0 bridgehead atoms. The van der Waals surface area contributed by atoms with Crippen LogP contribution in [0.5, 0.6) is 11.5 Å². The predicted octanol–water partition coefficient (Wildman–Crippen LogP) is 3.48. The number of nitrogens with one attached hydrogen (secondary N) is 1. The standard InChI is InChI=1S/C22H24N2O3/c1-24-20-7-5-4-6-18(20)19-12-15(8-9-21(19)24)23-22(25)14-10-16(26-2)13-17(11-14)27-3/h4-7,10-11,13,15H,8-9,12H2,1-3H3,(H,23,25). The first-order chi connectivity index (χ1) is 13.1. The highest BCUT2D eigenvalue weighted by Crippen LogP contribution is 2.31. The second-order valence-corrected chi connectivity index (χ2v) is 7.02. The van der Waals surface area contributed by atoms with Crippen molar-refractivity contribution in [2.45, 2.75) is 25.3 Å². The lowest BCUT2D eigenvalue weighted by molar-refractivity contribution is 0.0933. The summed E-state index contributed by atoms with van der Waals surface area (Å²) >= 11 is 0. The number of aryl methyl sites for hydroxylation is 1. The summed E-state index contributed by atoms with van der Waals surface area (Å²) in [5.74, 6) is 1.12. The van der Waals surface area contributed by atoms with Gasteiger partial charge in [0.25, 0.3) is 5.91 Å². The van der Waals surface area contributed by atoms with Gasteiger partial charge in [0, 0.05) is 41.3 Å². The number of carbonyl (C=O) groups is 1. The normalized spacial score (nSPS) is 16.0. The molecule has 1 amide bonds. The van der Waals surface area contributed by atoms with Crippen LogP contribution >= 0.6 is 0 Å². The highest BCUT2D eigenvalue weighted by molar-refractivity contribution is 5.95. The van der Waals surface area contributed by atoms with Crippen molar-refractivity contribution in [1.29, 1.82) is 0 Å². The van der Waals surface area contributed by atoms with Gasteiger partial charge in [-0.25, -0.2) is 0 Å². The lowest BCUT2D eigenvalue weighted by Crippen LogP contribution is -2.39. The molecule has 3 aromatic rings. The molecule has 140 valence electrons. The maximum atomic E-state index is 12.8. The number of aromatic nitrogens is 1. The first kappa shape index (κ1) is 17.5. The first-order valence-electron chi connectivity index (χ1n) is 9.19. The number of hydrogen-bond acceptors (Lipinski definition) is 3. The van der Waals surface area contributed by atoms with E-state index in [4.69, 9.17) is 9.47 Å². The van der Waals surface area contributed by atoms with Crippen molar-refractivity contribution in [3.63, 3.8) is 0 Å². The molecule has 1 aliphatic carbocycles. The summed E-state index contributed by atoms with van der Waals surface area (Å²) in [5.41, 5.74) is 4.54. The van der Waals surface area contributed by atoms with Crippen molar-refractivity contribution in [3.05, 3.63) is 59.3 Å². The van der Waals surface area contributed by atoms with Crippen molar-refractivity contribution in [3.8, 4) is 11.5 Å². The van der Waals surface area contributed by atoms with Crippen molar-refractivity contribution < 1.29 is 14.3 Å². The predicted molar refractivity (Wildman–Crippen MR) is 106 cm³/mol. The Morgan fingerprint density at radius 2 is 1.81 bits per heavy atom. The second kappa shape index (κ2) is 6.99. The van der Waals surface area contributed by atoms with Crippen LogP contribution in [0.15, 0.2) is 42.5 Å². The zero-order chi connectivity index (χ0) is 19.0. The van der Waals surface area contributed by atoms with Crippen molar-refractivity contribution >= 4 is 16.8 Å². The van der Waals surface area contributed by atoms with Crippen LogP contribution in [0, 0.1) is 0 Å². The van der Waals surface area contributed by atoms with E-state index in [-0.39, 0.29) is 11.9 Å². The molecule has 1 unspecified atom stereocenters. The third-order valence-corrected chi connectivity index (χ3v) is 5.47. The minimum atomic E-state index is -0.0964. The number of fused-ring (bicyclic) bond motifs is 3. The zero-order valence-corrected chi connectivity index (χ0v) is 15.9. The molecule has 0 saturated carbocycles. The molecule has 1 aromatic heterocycles. The van der Waals surface area contributed by atoms with E-state index in [2.05, 4.69) is 41.2 Å². The molecule has 1 heterocycles. The number of rotatable bonds is 4. The third kappa shape index (κ3) is 3.14. The van der Waals surface area contributed by atoms with Gasteiger partial charge in [-0.2, -0.15) is 0 Å². The van der Waals surface area contributed by atoms with Gasteiger partial charge in [-0.1, -0.05) is 18.2 Å². The van der Waals surface area contributed by atoms with E-state index in [0.717, 1.165) is 19.3 Å². The molecule has 0 fully saturated rings. The average molecular weight is 364 g/mol. The van der Waals surface area contributed by atoms with Crippen LogP contribution in [-0.4, -0.2) is 30.7 Å². The smallest absolute Gasteiger partial charge is 0.251 e. The monoisotopic (exact) mass is 364 g/mol. The van der Waals surface area contributed by atoms with Gasteiger partial charge in [0.2, 0.25) is 0 Å². The molecule has 0 aliphatic heterocycles. The molecule has 5 heteroatoms. The highest BCUT2D eigenvalue weighted by atomic mass is 16.5. The fourth-order valence-corrected chi connectivity index (χ4v) is 4.06. The molecule has 27 heavy (non-hydrogen) atoms. The molecule has 1 atom stereocenters. The Morgan fingerprint density at radius 3 is 2.52 bits per heavy atom. The van der Waals surface area contributed by atoms with E-state index >= 15 is 0 Å². The van der Waals surface area contributed by atoms with Crippen LogP contribution < -0.4 is 14.8 Å². The minimum Gasteiger partial charge on any atom is -0.497 e. The summed E-state index contributed by atoms with van der Waals surface area (Å²) in [6.07, 6.45) is 2.75. The fraction of sp³-hybridized carbons (Fsp3) is 0.318. The van der Waals surface area contributed by atoms with E-state index < -0.39 is 0 Å². The number of ether oxygens (including phenoxy) is 2. The molecule has 0 radical (unpaired) electrons. The Morgan fingerprint density at radius 1 is 1.11 bits per heavy atom. The second-order valence-electron chi connectivity index (χ2n) is 7.02. The number of amides is 1. The third-order valence-electron chi connectivity index (χ3n) is 5.47. The van der Waals surface area contributed by atoms with Crippen LogP contribution in [0.1, 0.15) is 28.0 Å². The van der Waals surface area contributed by atoms with Gasteiger partial charge >= 0.3 is 0 Å². The first-order valence-corrected chi connectivity index (χ1v) is 9.19. The quantitative estimate of drug-likeness (QED) is 0.771. The van der Waals surface area contributed by atoms with E-state index in [1.165, 1.54) is 22.2 Å². The SMILES string of the molecule is COc1cc(OC)cc(C(=O)NC2CCc3c(c4ccccc4n3C)C2)c1. The Labute approximate surface area is 158 Å². The Hall–Kier alpha value is -2.95. The van der Waals surface area contributed by atoms with Crippen LogP contribution in [0.25, 0.3) is 10.9 Å². The number of methoxy groups -OCH3 is 2. The fourth-order valence-electron chi connectivity index (χ4n) is 4.06. The van der Waals surface area contributed by atoms with Gasteiger partial charge in [0.15, 0.2) is 0 Å². The number of hydrogen-bond donors (Lipinski definition) is 1. The van der Waals surface area contributed by atoms with Crippen LogP contribution in [0.4, 0.5) is 0 Å². The topological polar surface area (TPSA) is 52.5 Å². The maximum Gasteiger partial charge on any atom is 0.251 e. The summed E-state index contributed by atoms with van der Waals surface area (Å²) < 4.78 is 12.8. The molecule has 0 saturated heterocycles. The summed E-state index contributed by atoms with van der Waals surface area (Å²) in [5, 5.41) is 4.48. The van der Waals surface area contributed by atoms with Crippen LogP contribution in [0.3, 0.4) is 0 Å².